The van der Waals surface area contributed by atoms with E-state index in [4.69, 9.17) is 0 Å². The molecular formula is C15H17F3N2O. The van der Waals surface area contributed by atoms with E-state index in [-0.39, 0.29) is 5.56 Å². The van der Waals surface area contributed by atoms with Gasteiger partial charge < -0.3 is 10.2 Å². The molecule has 3 nitrogen and oxygen atoms in total. The van der Waals surface area contributed by atoms with Crippen molar-refractivity contribution in [2.75, 3.05) is 19.6 Å². The molecule has 1 aromatic carbocycles. The predicted octanol–water partition coefficient (Wildman–Crippen LogP) is 2.17. The van der Waals surface area contributed by atoms with Crippen molar-refractivity contribution in [1.29, 1.82) is 0 Å². The molecule has 2 unspecified atom stereocenters. The van der Waals surface area contributed by atoms with Crippen molar-refractivity contribution in [3.05, 3.63) is 35.1 Å². The van der Waals surface area contributed by atoms with Gasteiger partial charge in [-0.05, 0) is 37.8 Å². The van der Waals surface area contributed by atoms with Crippen molar-refractivity contribution < 1.29 is 18.0 Å². The fourth-order valence-corrected chi connectivity index (χ4v) is 3.60. The number of benzene rings is 1. The van der Waals surface area contributed by atoms with Crippen molar-refractivity contribution >= 4 is 5.91 Å². The minimum absolute atomic E-state index is 0.146. The Labute approximate surface area is 121 Å². The van der Waals surface area contributed by atoms with Crippen molar-refractivity contribution in [3.8, 4) is 0 Å². The highest BCUT2D eigenvalue weighted by Crippen LogP contribution is 2.41. The number of amides is 1. The molecule has 1 aromatic rings. The smallest absolute Gasteiger partial charge is 0.254 e. The maximum Gasteiger partial charge on any atom is 0.254 e. The third-order valence-electron chi connectivity index (χ3n) is 4.84. The number of likely N-dealkylation sites (tertiary alicyclic amines) is 1. The summed E-state index contributed by atoms with van der Waals surface area (Å²) in [5.74, 6) is -4.01. The van der Waals surface area contributed by atoms with E-state index in [1.807, 2.05) is 13.8 Å². The van der Waals surface area contributed by atoms with Gasteiger partial charge in [0.1, 0.15) is 0 Å². The number of carbonyl (C=O) groups excluding carboxylic acids is 1. The van der Waals surface area contributed by atoms with E-state index in [0.717, 1.165) is 25.2 Å². The SMILES string of the molecule is CC1(C)C2CNCC2CN1C(=O)c1cc(F)c(F)c(F)c1. The molecule has 2 fully saturated rings. The zero-order chi connectivity index (χ0) is 15.4. The summed E-state index contributed by atoms with van der Waals surface area (Å²) < 4.78 is 39.6. The normalized spacial score (nSPS) is 27.0. The number of fused-ring (bicyclic) bond motifs is 1. The molecule has 21 heavy (non-hydrogen) atoms. The summed E-state index contributed by atoms with van der Waals surface area (Å²) in [6.07, 6.45) is 0. The second kappa shape index (κ2) is 4.73. The van der Waals surface area contributed by atoms with Crippen LogP contribution in [-0.4, -0.2) is 36.0 Å². The molecular weight excluding hydrogens is 281 g/mol. The summed E-state index contributed by atoms with van der Waals surface area (Å²) in [6.45, 7) is 6.12. The number of nitrogens with zero attached hydrogens (tertiary/aromatic N) is 1. The molecule has 0 spiro atoms. The number of hydrogen-bond acceptors (Lipinski definition) is 2. The molecule has 1 N–H and O–H groups in total. The monoisotopic (exact) mass is 298 g/mol. The molecule has 2 aliphatic heterocycles. The van der Waals surface area contributed by atoms with Crippen LogP contribution in [0, 0.1) is 29.3 Å². The number of nitrogens with one attached hydrogen (secondary N) is 1. The summed E-state index contributed by atoms with van der Waals surface area (Å²) in [5, 5.41) is 3.30. The Morgan fingerprint density at radius 2 is 1.86 bits per heavy atom. The summed E-state index contributed by atoms with van der Waals surface area (Å²) in [5.41, 5.74) is -0.542. The van der Waals surface area contributed by atoms with Gasteiger partial charge in [0.05, 0.1) is 0 Å². The highest BCUT2D eigenvalue weighted by molar-refractivity contribution is 5.95. The van der Waals surface area contributed by atoms with Crippen molar-refractivity contribution in [2.45, 2.75) is 19.4 Å². The Hall–Kier alpha value is -1.56. The van der Waals surface area contributed by atoms with Crippen LogP contribution in [0.3, 0.4) is 0 Å². The maximum absolute atomic E-state index is 13.3. The van der Waals surface area contributed by atoms with Crippen LogP contribution in [0.4, 0.5) is 13.2 Å². The molecule has 0 aliphatic carbocycles. The Kier molecular flexibility index (Phi) is 3.24. The van der Waals surface area contributed by atoms with Crippen LogP contribution in [0.2, 0.25) is 0 Å². The number of rotatable bonds is 1. The Morgan fingerprint density at radius 3 is 2.43 bits per heavy atom. The van der Waals surface area contributed by atoms with E-state index in [1.54, 1.807) is 4.90 Å². The zero-order valence-corrected chi connectivity index (χ0v) is 11.9. The van der Waals surface area contributed by atoms with Gasteiger partial charge in [0.25, 0.3) is 5.91 Å². The van der Waals surface area contributed by atoms with E-state index >= 15 is 0 Å². The van der Waals surface area contributed by atoms with Crippen LogP contribution < -0.4 is 5.32 Å². The number of carbonyl (C=O) groups is 1. The standard InChI is InChI=1S/C15H17F3N2O/c1-15(2)10-6-19-5-9(10)7-20(15)14(21)8-3-11(16)13(18)12(17)4-8/h3-4,9-10,19H,5-7H2,1-2H3. The lowest BCUT2D eigenvalue weighted by Crippen LogP contribution is -2.47. The Balaban J connectivity index is 1.93. The van der Waals surface area contributed by atoms with Crippen LogP contribution in [0.15, 0.2) is 12.1 Å². The van der Waals surface area contributed by atoms with Crippen LogP contribution >= 0.6 is 0 Å². The summed E-state index contributed by atoms with van der Waals surface area (Å²) >= 11 is 0. The molecule has 0 bridgehead atoms. The largest absolute Gasteiger partial charge is 0.333 e. The lowest BCUT2D eigenvalue weighted by atomic mass is 9.84. The van der Waals surface area contributed by atoms with Gasteiger partial charge in [0, 0.05) is 30.7 Å². The van der Waals surface area contributed by atoms with Crippen molar-refractivity contribution in [3.63, 3.8) is 0 Å². The fraction of sp³-hybridized carbons (Fsp3) is 0.533. The van der Waals surface area contributed by atoms with Gasteiger partial charge in [-0.1, -0.05) is 0 Å². The average Bonchev–Trinajstić information content (AvgIpc) is 2.97. The van der Waals surface area contributed by atoms with E-state index in [0.29, 0.717) is 18.4 Å². The Bertz CT molecular complexity index is 580. The van der Waals surface area contributed by atoms with E-state index in [1.165, 1.54) is 0 Å². The van der Waals surface area contributed by atoms with Crippen LogP contribution in [0.5, 0.6) is 0 Å². The zero-order valence-electron chi connectivity index (χ0n) is 11.9. The summed E-state index contributed by atoms with van der Waals surface area (Å²) in [6, 6.07) is 1.53. The lowest BCUT2D eigenvalue weighted by Gasteiger charge is -2.35. The van der Waals surface area contributed by atoms with Crippen molar-refractivity contribution in [1.82, 2.24) is 10.2 Å². The minimum Gasteiger partial charge on any atom is -0.333 e. The molecule has 114 valence electrons. The lowest BCUT2D eigenvalue weighted by molar-refractivity contribution is 0.0602. The predicted molar refractivity (Wildman–Crippen MR) is 71.3 cm³/mol. The molecule has 2 atom stereocenters. The molecule has 2 saturated heterocycles. The molecule has 6 heteroatoms. The third-order valence-corrected chi connectivity index (χ3v) is 4.84. The summed E-state index contributed by atoms with van der Waals surface area (Å²) in [4.78, 5) is 14.2. The molecule has 0 radical (unpaired) electrons. The minimum atomic E-state index is -1.55. The maximum atomic E-state index is 13.3. The van der Waals surface area contributed by atoms with Gasteiger partial charge in [-0.3, -0.25) is 4.79 Å². The first kappa shape index (κ1) is 14.4. The average molecular weight is 298 g/mol. The van der Waals surface area contributed by atoms with E-state index in [9.17, 15) is 18.0 Å². The molecule has 3 rings (SSSR count). The van der Waals surface area contributed by atoms with Gasteiger partial charge in [-0.15, -0.1) is 0 Å². The van der Waals surface area contributed by atoms with Crippen LogP contribution in [0.1, 0.15) is 24.2 Å². The quantitative estimate of drug-likeness (QED) is 0.806. The second-order valence-electron chi connectivity index (χ2n) is 6.35. The van der Waals surface area contributed by atoms with Gasteiger partial charge in [-0.2, -0.15) is 0 Å². The van der Waals surface area contributed by atoms with E-state index < -0.39 is 28.9 Å². The fourth-order valence-electron chi connectivity index (χ4n) is 3.60. The van der Waals surface area contributed by atoms with Gasteiger partial charge in [-0.25, -0.2) is 13.2 Å². The molecule has 1 amide bonds. The highest BCUT2D eigenvalue weighted by Gasteiger charge is 2.51. The van der Waals surface area contributed by atoms with Gasteiger partial charge >= 0.3 is 0 Å². The van der Waals surface area contributed by atoms with Crippen LogP contribution in [0.25, 0.3) is 0 Å². The van der Waals surface area contributed by atoms with Gasteiger partial charge in [0.15, 0.2) is 17.5 Å². The Morgan fingerprint density at radius 1 is 1.24 bits per heavy atom. The second-order valence-corrected chi connectivity index (χ2v) is 6.35. The third kappa shape index (κ3) is 2.12. The van der Waals surface area contributed by atoms with Crippen LogP contribution in [-0.2, 0) is 0 Å². The molecule has 0 saturated carbocycles. The first-order chi connectivity index (χ1) is 9.82. The number of halogens is 3. The number of hydrogen-bond donors (Lipinski definition) is 1. The molecule has 2 aliphatic rings. The molecule has 2 heterocycles. The topological polar surface area (TPSA) is 32.3 Å². The highest BCUT2D eigenvalue weighted by atomic mass is 19.2. The van der Waals surface area contributed by atoms with E-state index in [2.05, 4.69) is 5.32 Å². The van der Waals surface area contributed by atoms with Gasteiger partial charge in [0.2, 0.25) is 0 Å². The molecule has 0 aromatic heterocycles. The first-order valence-corrected chi connectivity index (χ1v) is 6.99. The van der Waals surface area contributed by atoms with Crippen molar-refractivity contribution in [2.24, 2.45) is 11.8 Å². The summed E-state index contributed by atoms with van der Waals surface area (Å²) in [7, 11) is 0. The first-order valence-electron chi connectivity index (χ1n) is 6.99.